The largest absolute Gasteiger partial charge is 0.462 e. The Balaban J connectivity index is 4.24. The van der Waals surface area contributed by atoms with E-state index >= 15 is 0 Å². The molecule has 0 aromatic carbocycles. The third kappa shape index (κ3) is 64.5. The Kier molecular flexibility index (Phi) is 65.1. The fourth-order valence-corrected chi connectivity index (χ4v) is 10.6. The summed E-state index contributed by atoms with van der Waals surface area (Å²) >= 11 is 0. The Hall–Kier alpha value is -2.37. The first-order chi connectivity index (χ1) is 38.5. The molecule has 78 heavy (non-hydrogen) atoms. The predicted octanol–water partition coefficient (Wildman–Crippen LogP) is 23.9. The van der Waals surface area contributed by atoms with Crippen molar-refractivity contribution in [1.29, 1.82) is 0 Å². The van der Waals surface area contributed by atoms with Crippen molar-refractivity contribution in [3.05, 3.63) is 36.5 Å². The van der Waals surface area contributed by atoms with Gasteiger partial charge in [-0.15, -0.1) is 0 Å². The number of ether oxygens (including phenoxy) is 3. The van der Waals surface area contributed by atoms with E-state index in [1.54, 1.807) is 0 Å². The van der Waals surface area contributed by atoms with Gasteiger partial charge in [0.2, 0.25) is 0 Å². The van der Waals surface area contributed by atoms with Gasteiger partial charge in [0.15, 0.2) is 6.10 Å². The Bertz CT molecular complexity index is 1300. The smallest absolute Gasteiger partial charge is 0.306 e. The molecule has 1 atom stereocenters. The van der Waals surface area contributed by atoms with Crippen LogP contribution in [0.3, 0.4) is 0 Å². The van der Waals surface area contributed by atoms with E-state index in [1.165, 1.54) is 276 Å². The molecule has 0 saturated heterocycles. The molecule has 0 amide bonds. The highest BCUT2D eigenvalue weighted by Gasteiger charge is 2.19. The molecule has 0 aliphatic heterocycles. The molecule has 0 N–H and O–H groups in total. The molecule has 6 nitrogen and oxygen atoms in total. The Morgan fingerprint density at radius 1 is 0.256 bits per heavy atom. The number of hydrogen-bond donors (Lipinski definition) is 0. The van der Waals surface area contributed by atoms with Crippen molar-refractivity contribution in [2.75, 3.05) is 13.2 Å². The van der Waals surface area contributed by atoms with Crippen LogP contribution < -0.4 is 0 Å². The standard InChI is InChI=1S/C72H134O6/c1-4-7-10-13-16-19-22-25-28-31-32-33-34-35-36-37-38-39-40-42-44-47-50-53-56-59-62-65-71(74)77-68-69(67-76-70(73)64-61-58-55-52-49-46-43-30-27-24-21-18-15-12-9-6-3)78-72(75)66-63-60-57-54-51-48-45-41-29-26-23-20-17-14-11-8-5-2/h17,20,26,29,31-32,69H,4-16,18-19,21-25,27-28,30,33-68H2,1-3H3/b20-17-,29-26-,32-31-. The minimum absolute atomic E-state index is 0.0701. The highest BCUT2D eigenvalue weighted by atomic mass is 16.6. The van der Waals surface area contributed by atoms with Gasteiger partial charge in [0, 0.05) is 19.3 Å². The topological polar surface area (TPSA) is 78.9 Å². The summed E-state index contributed by atoms with van der Waals surface area (Å²) in [5.41, 5.74) is 0. The van der Waals surface area contributed by atoms with Crippen molar-refractivity contribution < 1.29 is 28.6 Å². The van der Waals surface area contributed by atoms with Crippen molar-refractivity contribution >= 4 is 17.9 Å². The van der Waals surface area contributed by atoms with Crippen LogP contribution in [-0.4, -0.2) is 37.2 Å². The summed E-state index contributed by atoms with van der Waals surface area (Å²) in [4.78, 5) is 38.4. The maximum Gasteiger partial charge on any atom is 0.306 e. The van der Waals surface area contributed by atoms with Crippen LogP contribution in [0.4, 0.5) is 0 Å². The average Bonchev–Trinajstić information content (AvgIpc) is 3.44. The first-order valence-electron chi connectivity index (χ1n) is 35.0. The van der Waals surface area contributed by atoms with E-state index in [9.17, 15) is 14.4 Å². The monoisotopic (exact) mass is 1100 g/mol. The van der Waals surface area contributed by atoms with E-state index in [4.69, 9.17) is 14.2 Å². The molecule has 0 aliphatic rings. The van der Waals surface area contributed by atoms with Gasteiger partial charge in [-0.05, 0) is 77.0 Å². The molecular formula is C72H134O6. The van der Waals surface area contributed by atoms with Gasteiger partial charge in [-0.2, -0.15) is 0 Å². The minimum atomic E-state index is -0.774. The van der Waals surface area contributed by atoms with Crippen LogP contribution in [0, 0.1) is 0 Å². The van der Waals surface area contributed by atoms with Crippen LogP contribution in [0.2, 0.25) is 0 Å². The van der Waals surface area contributed by atoms with E-state index < -0.39 is 6.10 Å². The van der Waals surface area contributed by atoms with Crippen LogP contribution >= 0.6 is 0 Å². The van der Waals surface area contributed by atoms with Crippen LogP contribution in [0.1, 0.15) is 387 Å². The Morgan fingerprint density at radius 3 is 0.744 bits per heavy atom. The van der Waals surface area contributed by atoms with E-state index in [2.05, 4.69) is 57.2 Å². The lowest BCUT2D eigenvalue weighted by Gasteiger charge is -2.18. The first-order valence-corrected chi connectivity index (χ1v) is 35.0. The molecule has 0 radical (unpaired) electrons. The number of carbonyl (C=O) groups excluding carboxylic acids is 3. The summed E-state index contributed by atoms with van der Waals surface area (Å²) in [6.07, 6.45) is 83.1. The van der Waals surface area contributed by atoms with E-state index in [-0.39, 0.29) is 31.1 Å². The van der Waals surface area contributed by atoms with Crippen LogP contribution in [-0.2, 0) is 28.6 Å². The average molecular weight is 1100 g/mol. The number of carbonyl (C=O) groups is 3. The first kappa shape index (κ1) is 75.6. The van der Waals surface area contributed by atoms with Gasteiger partial charge in [0.05, 0.1) is 0 Å². The molecular weight excluding hydrogens is 961 g/mol. The van der Waals surface area contributed by atoms with Crippen LogP contribution in [0.25, 0.3) is 0 Å². The molecule has 458 valence electrons. The van der Waals surface area contributed by atoms with Crippen molar-refractivity contribution in [2.24, 2.45) is 0 Å². The zero-order chi connectivity index (χ0) is 56.4. The van der Waals surface area contributed by atoms with Gasteiger partial charge in [-0.25, -0.2) is 0 Å². The molecule has 0 rings (SSSR count). The summed E-state index contributed by atoms with van der Waals surface area (Å²) in [5, 5.41) is 0. The molecule has 0 aromatic heterocycles. The van der Waals surface area contributed by atoms with E-state index in [1.807, 2.05) is 0 Å². The zero-order valence-electron chi connectivity index (χ0n) is 52.7. The number of esters is 3. The molecule has 0 saturated carbocycles. The molecule has 1 unspecified atom stereocenters. The quantitative estimate of drug-likeness (QED) is 0.0261. The van der Waals surface area contributed by atoms with Gasteiger partial charge in [-0.3, -0.25) is 14.4 Å². The van der Waals surface area contributed by atoms with Gasteiger partial charge < -0.3 is 14.2 Å². The van der Waals surface area contributed by atoms with Gasteiger partial charge in [-0.1, -0.05) is 327 Å². The zero-order valence-corrected chi connectivity index (χ0v) is 52.7. The van der Waals surface area contributed by atoms with Crippen molar-refractivity contribution in [2.45, 2.75) is 393 Å². The molecule has 0 aromatic rings. The second-order valence-corrected chi connectivity index (χ2v) is 23.8. The lowest BCUT2D eigenvalue weighted by Crippen LogP contribution is -2.30. The molecule has 0 heterocycles. The fraction of sp³-hybridized carbons (Fsp3) is 0.875. The van der Waals surface area contributed by atoms with Crippen LogP contribution in [0.5, 0.6) is 0 Å². The van der Waals surface area contributed by atoms with Crippen molar-refractivity contribution in [1.82, 2.24) is 0 Å². The SMILES string of the molecule is CCCCC/C=C\C/C=C\CCCCCCCCCC(=O)OC(COC(=O)CCCCCCCCCCCCCCCCCC)COC(=O)CCCCCCCCCCCCCCCCC/C=C\CCCCCCCCCC. The summed E-state index contributed by atoms with van der Waals surface area (Å²) in [7, 11) is 0. The normalized spacial score (nSPS) is 12.2. The highest BCUT2D eigenvalue weighted by Crippen LogP contribution is 2.18. The third-order valence-electron chi connectivity index (χ3n) is 15.9. The van der Waals surface area contributed by atoms with Gasteiger partial charge in [0.25, 0.3) is 0 Å². The highest BCUT2D eigenvalue weighted by molar-refractivity contribution is 5.71. The Morgan fingerprint density at radius 2 is 0.462 bits per heavy atom. The summed E-state index contributed by atoms with van der Waals surface area (Å²) in [6, 6.07) is 0. The van der Waals surface area contributed by atoms with Crippen LogP contribution in [0.15, 0.2) is 36.5 Å². The van der Waals surface area contributed by atoms with Gasteiger partial charge >= 0.3 is 17.9 Å². The molecule has 0 bridgehead atoms. The maximum atomic E-state index is 12.9. The lowest BCUT2D eigenvalue weighted by atomic mass is 10.0. The fourth-order valence-electron chi connectivity index (χ4n) is 10.6. The second kappa shape index (κ2) is 67.1. The summed E-state index contributed by atoms with van der Waals surface area (Å²) in [6.45, 7) is 6.68. The van der Waals surface area contributed by atoms with E-state index in [0.29, 0.717) is 19.3 Å². The number of allylic oxidation sites excluding steroid dienone is 6. The lowest BCUT2D eigenvalue weighted by molar-refractivity contribution is -0.167. The van der Waals surface area contributed by atoms with Crippen molar-refractivity contribution in [3.8, 4) is 0 Å². The second-order valence-electron chi connectivity index (χ2n) is 23.8. The molecule has 6 heteroatoms. The number of hydrogen-bond acceptors (Lipinski definition) is 6. The molecule has 0 fully saturated rings. The number of rotatable bonds is 65. The molecule has 0 aliphatic carbocycles. The molecule has 0 spiro atoms. The third-order valence-corrected chi connectivity index (χ3v) is 15.9. The van der Waals surface area contributed by atoms with E-state index in [0.717, 1.165) is 70.6 Å². The minimum Gasteiger partial charge on any atom is -0.462 e. The van der Waals surface area contributed by atoms with Crippen molar-refractivity contribution in [3.63, 3.8) is 0 Å². The Labute approximate surface area is 486 Å². The number of unbranched alkanes of at least 4 members (excludes halogenated alkanes) is 48. The maximum absolute atomic E-state index is 12.9. The summed E-state index contributed by atoms with van der Waals surface area (Å²) in [5.74, 6) is -0.849. The van der Waals surface area contributed by atoms with Gasteiger partial charge in [0.1, 0.15) is 13.2 Å². The summed E-state index contributed by atoms with van der Waals surface area (Å²) < 4.78 is 17.0. The predicted molar refractivity (Wildman–Crippen MR) is 339 cm³/mol.